The third-order valence-electron chi connectivity index (χ3n) is 1.42. The number of esters is 1. The summed E-state index contributed by atoms with van der Waals surface area (Å²) in [5.41, 5.74) is 0. The van der Waals surface area contributed by atoms with Gasteiger partial charge in [0.15, 0.2) is 0 Å². The minimum atomic E-state index is -0.432. The smallest absolute Gasteiger partial charge is 0.312 e. The molecular formula is C9H7BrClFO2. The van der Waals surface area contributed by atoms with Gasteiger partial charge in [0.05, 0.1) is 10.9 Å². The number of hydrogen-bond donors (Lipinski definition) is 0. The molecule has 0 saturated carbocycles. The molecule has 1 aromatic carbocycles. The molecule has 0 fully saturated rings. The van der Waals surface area contributed by atoms with Crippen molar-refractivity contribution in [3.63, 3.8) is 0 Å². The molecular weight excluding hydrogens is 274 g/mol. The van der Waals surface area contributed by atoms with Gasteiger partial charge in [-0.1, -0.05) is 0 Å². The van der Waals surface area contributed by atoms with Gasteiger partial charge in [-0.2, -0.15) is 0 Å². The molecule has 0 heterocycles. The lowest BCUT2D eigenvalue weighted by molar-refractivity contribution is -0.133. The number of rotatable bonds is 3. The summed E-state index contributed by atoms with van der Waals surface area (Å²) >= 11 is 8.33. The second kappa shape index (κ2) is 5.32. The van der Waals surface area contributed by atoms with E-state index in [1.807, 2.05) is 0 Å². The lowest BCUT2D eigenvalue weighted by atomic mass is 10.3. The van der Waals surface area contributed by atoms with Gasteiger partial charge in [0.25, 0.3) is 0 Å². The van der Waals surface area contributed by atoms with E-state index in [1.165, 1.54) is 18.2 Å². The Morgan fingerprint density at radius 1 is 1.57 bits per heavy atom. The second-order valence-corrected chi connectivity index (χ2v) is 3.72. The van der Waals surface area contributed by atoms with E-state index >= 15 is 0 Å². The monoisotopic (exact) mass is 280 g/mol. The highest BCUT2D eigenvalue weighted by atomic mass is 79.9. The van der Waals surface area contributed by atoms with Crippen LogP contribution in [0.25, 0.3) is 0 Å². The molecule has 0 bridgehead atoms. The molecule has 0 saturated heterocycles. The van der Waals surface area contributed by atoms with Crippen LogP contribution < -0.4 is 4.74 Å². The SMILES string of the molecule is O=C(CCCl)Oc1ccc(F)c(Br)c1. The van der Waals surface area contributed by atoms with Crippen molar-refractivity contribution in [3.05, 3.63) is 28.5 Å². The summed E-state index contributed by atoms with van der Waals surface area (Å²) in [5, 5.41) is 0. The van der Waals surface area contributed by atoms with Crippen LogP contribution in [-0.4, -0.2) is 11.8 Å². The summed E-state index contributed by atoms with van der Waals surface area (Å²) in [6, 6.07) is 3.99. The van der Waals surface area contributed by atoms with E-state index in [1.54, 1.807) is 0 Å². The molecule has 0 aliphatic carbocycles. The Morgan fingerprint density at radius 3 is 2.86 bits per heavy atom. The van der Waals surface area contributed by atoms with Crippen molar-refractivity contribution in [2.24, 2.45) is 0 Å². The molecule has 0 amide bonds. The number of ether oxygens (including phenoxy) is 1. The molecule has 0 unspecified atom stereocenters. The first-order chi connectivity index (χ1) is 6.63. The molecule has 0 spiro atoms. The average molecular weight is 282 g/mol. The third-order valence-corrected chi connectivity index (χ3v) is 2.22. The highest BCUT2D eigenvalue weighted by molar-refractivity contribution is 9.10. The quantitative estimate of drug-likeness (QED) is 0.483. The summed E-state index contributed by atoms with van der Waals surface area (Å²) in [4.78, 5) is 11.0. The van der Waals surface area contributed by atoms with E-state index in [-0.39, 0.29) is 16.8 Å². The molecule has 1 aromatic rings. The van der Waals surface area contributed by atoms with Crippen LogP contribution in [0.4, 0.5) is 4.39 Å². The summed E-state index contributed by atoms with van der Waals surface area (Å²) in [5.74, 6) is -0.324. The van der Waals surface area contributed by atoms with Gasteiger partial charge in [0.2, 0.25) is 0 Å². The fraction of sp³-hybridized carbons (Fsp3) is 0.222. The summed E-state index contributed by atoms with van der Waals surface area (Å²) in [7, 11) is 0. The van der Waals surface area contributed by atoms with E-state index in [0.717, 1.165) is 0 Å². The zero-order valence-electron chi connectivity index (χ0n) is 7.10. The zero-order valence-corrected chi connectivity index (χ0v) is 9.44. The van der Waals surface area contributed by atoms with Crippen LogP contribution in [-0.2, 0) is 4.79 Å². The maximum atomic E-state index is 12.8. The van der Waals surface area contributed by atoms with Gasteiger partial charge in [-0.25, -0.2) is 4.39 Å². The average Bonchev–Trinajstić information content (AvgIpc) is 2.12. The molecule has 0 aromatic heterocycles. The Hall–Kier alpha value is -0.610. The number of carbonyl (C=O) groups excluding carboxylic acids is 1. The number of benzene rings is 1. The molecule has 76 valence electrons. The van der Waals surface area contributed by atoms with Crippen LogP contribution in [0.1, 0.15) is 6.42 Å². The van der Waals surface area contributed by atoms with E-state index in [4.69, 9.17) is 16.3 Å². The maximum Gasteiger partial charge on any atom is 0.312 e. The molecule has 2 nitrogen and oxygen atoms in total. The van der Waals surface area contributed by atoms with Gasteiger partial charge in [0, 0.05) is 5.88 Å². The number of halogens is 3. The van der Waals surface area contributed by atoms with Gasteiger partial charge < -0.3 is 4.74 Å². The van der Waals surface area contributed by atoms with Gasteiger partial charge in [0.1, 0.15) is 11.6 Å². The summed E-state index contributed by atoms with van der Waals surface area (Å²) in [6.45, 7) is 0. The van der Waals surface area contributed by atoms with Crippen molar-refractivity contribution in [2.75, 3.05) is 5.88 Å². The van der Waals surface area contributed by atoms with E-state index in [2.05, 4.69) is 15.9 Å². The maximum absolute atomic E-state index is 12.8. The first-order valence-corrected chi connectivity index (χ1v) is 5.18. The molecule has 5 heteroatoms. The summed E-state index contributed by atoms with van der Waals surface area (Å²) < 4.78 is 17.9. The predicted octanol–water partition coefficient (Wildman–Crippen LogP) is 3.12. The standard InChI is InChI=1S/C9H7BrClFO2/c10-7-5-6(1-2-8(7)12)14-9(13)3-4-11/h1-2,5H,3-4H2. The first-order valence-electron chi connectivity index (χ1n) is 3.85. The highest BCUT2D eigenvalue weighted by Gasteiger charge is 2.06. The van der Waals surface area contributed by atoms with E-state index < -0.39 is 11.8 Å². The molecule has 0 N–H and O–H groups in total. The molecule has 0 aliphatic heterocycles. The van der Waals surface area contributed by atoms with Crippen molar-refractivity contribution in [1.29, 1.82) is 0 Å². The molecule has 0 atom stereocenters. The van der Waals surface area contributed by atoms with Crippen molar-refractivity contribution in [1.82, 2.24) is 0 Å². The Kier molecular flexibility index (Phi) is 4.35. The van der Waals surface area contributed by atoms with Crippen molar-refractivity contribution in [3.8, 4) is 5.75 Å². The molecule has 0 aliphatic rings. The van der Waals surface area contributed by atoms with Gasteiger partial charge in [-0.05, 0) is 34.1 Å². The van der Waals surface area contributed by atoms with E-state index in [9.17, 15) is 9.18 Å². The molecule has 1 rings (SSSR count). The zero-order chi connectivity index (χ0) is 10.6. The minimum Gasteiger partial charge on any atom is -0.426 e. The highest BCUT2D eigenvalue weighted by Crippen LogP contribution is 2.21. The lowest BCUT2D eigenvalue weighted by Gasteiger charge is -2.03. The van der Waals surface area contributed by atoms with Crippen molar-refractivity contribution in [2.45, 2.75) is 6.42 Å². The van der Waals surface area contributed by atoms with E-state index in [0.29, 0.717) is 5.75 Å². The fourth-order valence-electron chi connectivity index (χ4n) is 0.800. The number of hydrogen-bond acceptors (Lipinski definition) is 2. The number of alkyl halides is 1. The Bertz CT molecular complexity index is 344. The fourth-order valence-corrected chi connectivity index (χ4v) is 1.31. The topological polar surface area (TPSA) is 26.3 Å². The normalized spacial score (nSPS) is 9.93. The van der Waals surface area contributed by atoms with Crippen LogP contribution in [0.2, 0.25) is 0 Å². The first kappa shape index (κ1) is 11.5. The van der Waals surface area contributed by atoms with Crippen LogP contribution >= 0.6 is 27.5 Å². The number of carbonyl (C=O) groups is 1. The van der Waals surface area contributed by atoms with Gasteiger partial charge in [-0.3, -0.25) is 4.79 Å². The third kappa shape index (κ3) is 3.27. The lowest BCUT2D eigenvalue weighted by Crippen LogP contribution is -2.08. The van der Waals surface area contributed by atoms with Crippen LogP contribution in [0.5, 0.6) is 5.75 Å². The Morgan fingerprint density at radius 2 is 2.29 bits per heavy atom. The van der Waals surface area contributed by atoms with Gasteiger partial charge >= 0.3 is 5.97 Å². The molecule has 14 heavy (non-hydrogen) atoms. The summed E-state index contributed by atoms with van der Waals surface area (Å²) in [6.07, 6.45) is 0.135. The van der Waals surface area contributed by atoms with Crippen molar-refractivity contribution >= 4 is 33.5 Å². The molecule has 0 radical (unpaired) electrons. The predicted molar refractivity (Wildman–Crippen MR) is 55.1 cm³/mol. The largest absolute Gasteiger partial charge is 0.426 e. The van der Waals surface area contributed by atoms with Gasteiger partial charge in [-0.15, -0.1) is 11.6 Å². The minimum absolute atomic E-state index is 0.135. The Labute approximate surface area is 94.1 Å². The van der Waals surface area contributed by atoms with Crippen LogP contribution in [0.15, 0.2) is 22.7 Å². The second-order valence-electron chi connectivity index (χ2n) is 2.49. The van der Waals surface area contributed by atoms with Crippen LogP contribution in [0.3, 0.4) is 0 Å². The Balaban J connectivity index is 2.68. The van der Waals surface area contributed by atoms with Crippen molar-refractivity contribution < 1.29 is 13.9 Å². The van der Waals surface area contributed by atoms with Crippen LogP contribution in [0, 0.1) is 5.82 Å².